The molecule has 1 fully saturated rings. The summed E-state index contributed by atoms with van der Waals surface area (Å²) >= 11 is 0. The molecule has 1 N–H and O–H groups in total. The van der Waals surface area contributed by atoms with Crippen LogP contribution in [-0.4, -0.2) is 13.0 Å². The zero-order valence-electron chi connectivity index (χ0n) is 11.7. The molecule has 0 unspecified atom stereocenters. The smallest absolute Gasteiger partial charge is 0.225 e. The molecule has 1 amide bonds. The molecule has 0 aromatic rings. The molecular formula is C15H29NO. The Morgan fingerprint density at radius 1 is 0.941 bits per heavy atom. The van der Waals surface area contributed by atoms with E-state index in [1.165, 1.54) is 51.4 Å². The van der Waals surface area contributed by atoms with E-state index in [9.17, 15) is 4.79 Å². The number of hydrogen-bond donors (Lipinski definition) is 1. The number of rotatable bonds is 2. The van der Waals surface area contributed by atoms with E-state index >= 15 is 0 Å². The Morgan fingerprint density at radius 2 is 1.35 bits per heavy atom. The largest absolute Gasteiger partial charge is 0.359 e. The number of carbonyl (C=O) groups is 1. The molecule has 1 saturated carbocycles. The Balaban J connectivity index is 2.64. The van der Waals surface area contributed by atoms with Gasteiger partial charge in [-0.3, -0.25) is 4.79 Å². The summed E-state index contributed by atoms with van der Waals surface area (Å²) in [5.74, 6) is 0.277. The summed E-state index contributed by atoms with van der Waals surface area (Å²) in [6.45, 7) is 2.18. The highest BCUT2D eigenvalue weighted by Gasteiger charge is 2.34. The molecule has 2 nitrogen and oxygen atoms in total. The molecule has 100 valence electrons. The highest BCUT2D eigenvalue weighted by molar-refractivity contribution is 5.82. The van der Waals surface area contributed by atoms with Crippen LogP contribution in [-0.2, 0) is 4.79 Å². The van der Waals surface area contributed by atoms with Crippen LogP contribution in [0.4, 0.5) is 0 Å². The zero-order chi connectivity index (χ0) is 12.6. The fourth-order valence-corrected chi connectivity index (χ4v) is 3.12. The number of hydrogen-bond acceptors (Lipinski definition) is 1. The molecule has 0 bridgehead atoms. The molecule has 0 radical (unpaired) electrons. The molecule has 17 heavy (non-hydrogen) atoms. The van der Waals surface area contributed by atoms with Crippen molar-refractivity contribution >= 4 is 5.91 Å². The van der Waals surface area contributed by atoms with Crippen LogP contribution >= 0.6 is 0 Å². The van der Waals surface area contributed by atoms with Crippen LogP contribution in [0.2, 0.25) is 0 Å². The first-order valence-corrected chi connectivity index (χ1v) is 7.47. The molecule has 2 heteroatoms. The van der Waals surface area contributed by atoms with Crippen LogP contribution in [0.3, 0.4) is 0 Å². The van der Waals surface area contributed by atoms with Crippen molar-refractivity contribution in [1.29, 1.82) is 0 Å². The fraction of sp³-hybridized carbons (Fsp3) is 0.933. The zero-order valence-corrected chi connectivity index (χ0v) is 11.7. The van der Waals surface area contributed by atoms with Gasteiger partial charge in [-0.2, -0.15) is 0 Å². The molecule has 1 aliphatic carbocycles. The van der Waals surface area contributed by atoms with Gasteiger partial charge in [0.25, 0.3) is 0 Å². The van der Waals surface area contributed by atoms with E-state index < -0.39 is 0 Å². The Labute approximate surface area is 107 Å². The Hall–Kier alpha value is -0.530. The van der Waals surface area contributed by atoms with Gasteiger partial charge in [0.05, 0.1) is 0 Å². The predicted octanol–water partition coefficient (Wildman–Crippen LogP) is 4.04. The lowest BCUT2D eigenvalue weighted by molar-refractivity contribution is -0.131. The molecule has 0 atom stereocenters. The van der Waals surface area contributed by atoms with E-state index in [1.807, 2.05) is 0 Å². The van der Waals surface area contributed by atoms with Crippen molar-refractivity contribution in [1.82, 2.24) is 5.32 Å². The van der Waals surface area contributed by atoms with E-state index in [-0.39, 0.29) is 11.3 Å². The summed E-state index contributed by atoms with van der Waals surface area (Å²) in [6.07, 6.45) is 13.7. The van der Waals surface area contributed by atoms with Crippen molar-refractivity contribution in [3.05, 3.63) is 0 Å². The molecule has 0 spiro atoms. The third-order valence-electron chi connectivity index (χ3n) is 4.45. The van der Waals surface area contributed by atoms with Gasteiger partial charge < -0.3 is 5.32 Å². The van der Waals surface area contributed by atoms with Crippen molar-refractivity contribution in [2.45, 2.75) is 77.6 Å². The molecule has 1 aliphatic rings. The first kappa shape index (κ1) is 14.5. The quantitative estimate of drug-likeness (QED) is 0.774. The van der Waals surface area contributed by atoms with Crippen LogP contribution in [0.25, 0.3) is 0 Å². The summed E-state index contributed by atoms with van der Waals surface area (Å²) in [5.41, 5.74) is -0.0703. The Morgan fingerprint density at radius 3 is 1.71 bits per heavy atom. The first-order chi connectivity index (χ1) is 8.25. The van der Waals surface area contributed by atoms with Crippen LogP contribution in [0.1, 0.15) is 77.6 Å². The maximum Gasteiger partial charge on any atom is 0.225 e. The van der Waals surface area contributed by atoms with Crippen LogP contribution in [0, 0.1) is 5.41 Å². The average Bonchev–Trinajstić information content (AvgIpc) is 2.42. The van der Waals surface area contributed by atoms with Crippen molar-refractivity contribution in [3.8, 4) is 0 Å². The van der Waals surface area contributed by atoms with E-state index in [0.717, 1.165) is 19.3 Å². The monoisotopic (exact) mass is 239 g/mol. The maximum atomic E-state index is 12.2. The minimum Gasteiger partial charge on any atom is -0.359 e. The van der Waals surface area contributed by atoms with Gasteiger partial charge in [0.15, 0.2) is 0 Å². The Bertz CT molecular complexity index is 213. The summed E-state index contributed by atoms with van der Waals surface area (Å²) in [7, 11) is 1.78. The van der Waals surface area contributed by atoms with Crippen LogP contribution in [0.5, 0.6) is 0 Å². The number of carbonyl (C=O) groups excluding carboxylic acids is 1. The fourth-order valence-electron chi connectivity index (χ4n) is 3.12. The second-order valence-corrected chi connectivity index (χ2v) is 5.54. The third kappa shape index (κ3) is 4.33. The van der Waals surface area contributed by atoms with Gasteiger partial charge in [0.2, 0.25) is 5.91 Å². The molecule has 0 saturated heterocycles. The maximum absolute atomic E-state index is 12.2. The number of nitrogens with one attached hydrogen (secondary N) is 1. The van der Waals surface area contributed by atoms with E-state index in [4.69, 9.17) is 0 Å². The highest BCUT2D eigenvalue weighted by Crippen LogP contribution is 2.36. The molecule has 0 aliphatic heterocycles. The lowest BCUT2D eigenvalue weighted by Gasteiger charge is -2.31. The summed E-state index contributed by atoms with van der Waals surface area (Å²) < 4.78 is 0. The molecule has 1 rings (SSSR count). The minimum atomic E-state index is -0.0703. The van der Waals surface area contributed by atoms with Crippen molar-refractivity contribution in [3.63, 3.8) is 0 Å². The first-order valence-electron chi connectivity index (χ1n) is 7.47. The Kier molecular flexibility index (Phi) is 6.61. The lowest BCUT2D eigenvalue weighted by Crippen LogP contribution is -2.39. The molecule has 0 heterocycles. The van der Waals surface area contributed by atoms with Crippen molar-refractivity contribution in [2.75, 3.05) is 7.05 Å². The van der Waals surface area contributed by atoms with Gasteiger partial charge in [0.1, 0.15) is 0 Å². The van der Waals surface area contributed by atoms with Crippen molar-refractivity contribution in [2.24, 2.45) is 5.41 Å². The molecular weight excluding hydrogens is 210 g/mol. The standard InChI is InChI=1S/C15H29NO/c1-3-15(14(17)16-2)12-10-8-6-4-5-7-9-11-13-15/h3-13H2,1-2H3,(H,16,17). The topological polar surface area (TPSA) is 29.1 Å². The third-order valence-corrected chi connectivity index (χ3v) is 4.45. The van der Waals surface area contributed by atoms with Crippen molar-refractivity contribution < 1.29 is 4.79 Å². The van der Waals surface area contributed by atoms with Crippen LogP contribution in [0.15, 0.2) is 0 Å². The second kappa shape index (κ2) is 7.73. The normalized spacial score (nSPS) is 22.5. The SMILES string of the molecule is CCC1(C(=O)NC)CCCCCCCCCC1. The van der Waals surface area contributed by atoms with Gasteiger partial charge in [-0.05, 0) is 19.3 Å². The second-order valence-electron chi connectivity index (χ2n) is 5.54. The lowest BCUT2D eigenvalue weighted by atomic mass is 9.75. The average molecular weight is 239 g/mol. The van der Waals surface area contributed by atoms with Gasteiger partial charge in [0, 0.05) is 12.5 Å². The number of amides is 1. The van der Waals surface area contributed by atoms with Gasteiger partial charge in [-0.25, -0.2) is 0 Å². The minimum absolute atomic E-state index is 0.0703. The molecule has 0 aromatic carbocycles. The summed E-state index contributed by atoms with van der Waals surface area (Å²) in [5, 5.41) is 2.89. The van der Waals surface area contributed by atoms with Gasteiger partial charge >= 0.3 is 0 Å². The van der Waals surface area contributed by atoms with Gasteiger partial charge in [-0.1, -0.05) is 58.3 Å². The van der Waals surface area contributed by atoms with E-state index in [1.54, 1.807) is 7.05 Å². The summed E-state index contributed by atoms with van der Waals surface area (Å²) in [6, 6.07) is 0. The van der Waals surface area contributed by atoms with E-state index in [0.29, 0.717) is 0 Å². The van der Waals surface area contributed by atoms with E-state index in [2.05, 4.69) is 12.2 Å². The van der Waals surface area contributed by atoms with Gasteiger partial charge in [-0.15, -0.1) is 0 Å². The predicted molar refractivity (Wildman–Crippen MR) is 73.0 cm³/mol. The highest BCUT2D eigenvalue weighted by atomic mass is 16.2. The summed E-state index contributed by atoms with van der Waals surface area (Å²) in [4.78, 5) is 12.2. The molecule has 0 aromatic heterocycles. The van der Waals surface area contributed by atoms with Crippen LogP contribution < -0.4 is 5.32 Å².